The van der Waals surface area contributed by atoms with Gasteiger partial charge in [-0.2, -0.15) is 4.98 Å². The Bertz CT molecular complexity index is 948. The average molecular weight is 365 g/mol. The van der Waals surface area contributed by atoms with Crippen molar-refractivity contribution >= 4 is 5.69 Å². The highest BCUT2D eigenvalue weighted by Crippen LogP contribution is 2.34. The molecule has 1 fully saturated rings. The van der Waals surface area contributed by atoms with Gasteiger partial charge in [0.05, 0.1) is 4.92 Å². The zero-order valence-corrected chi connectivity index (χ0v) is 14.7. The summed E-state index contributed by atoms with van der Waals surface area (Å²) >= 11 is 0. The van der Waals surface area contributed by atoms with E-state index in [0.717, 1.165) is 24.0 Å². The van der Waals surface area contributed by atoms with Crippen molar-refractivity contribution in [3.05, 3.63) is 70.1 Å². The summed E-state index contributed by atoms with van der Waals surface area (Å²) in [6, 6.07) is 13.9. The number of non-ortho nitro benzene ring substituents is 1. The minimum atomic E-state index is -0.414. The number of hydrogen-bond donors (Lipinski definition) is 0. The molecule has 27 heavy (non-hydrogen) atoms. The maximum atomic E-state index is 10.9. The van der Waals surface area contributed by atoms with Gasteiger partial charge in [-0.15, -0.1) is 0 Å². The maximum absolute atomic E-state index is 10.9. The van der Waals surface area contributed by atoms with Gasteiger partial charge < -0.3 is 9.26 Å². The van der Waals surface area contributed by atoms with E-state index < -0.39 is 4.92 Å². The zero-order valence-electron chi connectivity index (χ0n) is 14.7. The second kappa shape index (κ2) is 7.57. The van der Waals surface area contributed by atoms with Crippen LogP contribution in [0.4, 0.5) is 5.69 Å². The van der Waals surface area contributed by atoms with Crippen molar-refractivity contribution in [2.75, 3.05) is 0 Å². The molecule has 7 heteroatoms. The summed E-state index contributed by atoms with van der Waals surface area (Å²) in [4.78, 5) is 15.0. The van der Waals surface area contributed by atoms with E-state index in [-0.39, 0.29) is 12.3 Å². The highest BCUT2D eigenvalue weighted by atomic mass is 16.6. The van der Waals surface area contributed by atoms with Gasteiger partial charge in [0.25, 0.3) is 5.69 Å². The van der Waals surface area contributed by atoms with E-state index in [0.29, 0.717) is 23.4 Å². The molecule has 0 saturated heterocycles. The molecule has 0 unspecified atom stereocenters. The van der Waals surface area contributed by atoms with Gasteiger partial charge in [-0.1, -0.05) is 42.3 Å². The molecule has 7 nitrogen and oxygen atoms in total. The van der Waals surface area contributed by atoms with Crippen molar-refractivity contribution in [3.63, 3.8) is 0 Å². The lowest BCUT2D eigenvalue weighted by atomic mass is 10.1. The van der Waals surface area contributed by atoms with Crippen LogP contribution in [-0.4, -0.2) is 15.1 Å². The van der Waals surface area contributed by atoms with E-state index in [1.807, 2.05) is 24.3 Å². The summed E-state index contributed by atoms with van der Waals surface area (Å²) in [6.45, 7) is 0.241. The third-order valence-electron chi connectivity index (χ3n) is 4.77. The van der Waals surface area contributed by atoms with Gasteiger partial charge in [0, 0.05) is 23.6 Å². The van der Waals surface area contributed by atoms with Crippen molar-refractivity contribution in [2.24, 2.45) is 0 Å². The predicted molar refractivity (Wildman–Crippen MR) is 98.4 cm³/mol. The summed E-state index contributed by atoms with van der Waals surface area (Å²) in [5.41, 5.74) is 1.60. The van der Waals surface area contributed by atoms with Crippen LogP contribution < -0.4 is 4.74 Å². The van der Waals surface area contributed by atoms with E-state index in [4.69, 9.17) is 9.26 Å². The Hall–Kier alpha value is -3.22. The molecule has 0 atom stereocenters. The predicted octanol–water partition coefficient (Wildman–Crippen LogP) is 4.88. The summed E-state index contributed by atoms with van der Waals surface area (Å²) in [6.07, 6.45) is 4.63. The van der Waals surface area contributed by atoms with Crippen LogP contribution in [0.5, 0.6) is 5.75 Å². The van der Waals surface area contributed by atoms with Crippen LogP contribution in [0.1, 0.15) is 43.1 Å². The Morgan fingerprint density at radius 3 is 2.78 bits per heavy atom. The molecule has 0 N–H and O–H groups in total. The number of aromatic nitrogens is 2. The Kier molecular flexibility index (Phi) is 4.82. The third kappa shape index (κ3) is 3.97. The number of nitrogens with zero attached hydrogens (tertiary/aromatic N) is 3. The molecule has 1 aromatic heterocycles. The van der Waals surface area contributed by atoms with Crippen molar-refractivity contribution in [2.45, 2.75) is 38.2 Å². The first-order valence-corrected chi connectivity index (χ1v) is 8.99. The first-order chi connectivity index (χ1) is 13.2. The molecule has 0 spiro atoms. The number of nitro benzene ring substituents is 1. The fraction of sp³-hybridized carbons (Fsp3) is 0.300. The van der Waals surface area contributed by atoms with Crippen molar-refractivity contribution in [3.8, 4) is 17.1 Å². The Morgan fingerprint density at radius 1 is 1.15 bits per heavy atom. The lowest BCUT2D eigenvalue weighted by molar-refractivity contribution is -0.384. The Balaban J connectivity index is 1.46. The fourth-order valence-electron chi connectivity index (χ4n) is 3.34. The zero-order chi connectivity index (χ0) is 18.6. The number of rotatable bonds is 6. The van der Waals surface area contributed by atoms with Gasteiger partial charge in [0.1, 0.15) is 12.4 Å². The standard InChI is InChI=1S/C20H19N3O4/c24-23(25)17-9-3-5-14(11-17)13-26-18-10-4-8-16(12-18)19-21-20(27-22-19)15-6-1-2-7-15/h3-5,8-12,15H,1-2,6-7,13H2. The molecule has 1 aliphatic carbocycles. The number of nitro groups is 1. The van der Waals surface area contributed by atoms with Gasteiger partial charge in [-0.3, -0.25) is 10.1 Å². The van der Waals surface area contributed by atoms with Gasteiger partial charge in [0.15, 0.2) is 0 Å². The van der Waals surface area contributed by atoms with Crippen LogP contribution in [0.25, 0.3) is 11.4 Å². The maximum Gasteiger partial charge on any atom is 0.269 e. The molecule has 138 valence electrons. The average Bonchev–Trinajstić information content (AvgIpc) is 3.38. The smallest absolute Gasteiger partial charge is 0.269 e. The monoisotopic (exact) mass is 365 g/mol. The first-order valence-electron chi connectivity index (χ1n) is 8.99. The molecule has 0 radical (unpaired) electrons. The van der Waals surface area contributed by atoms with E-state index in [1.165, 1.54) is 25.0 Å². The van der Waals surface area contributed by atoms with Gasteiger partial charge in [0.2, 0.25) is 11.7 Å². The van der Waals surface area contributed by atoms with Crippen LogP contribution in [-0.2, 0) is 6.61 Å². The van der Waals surface area contributed by atoms with E-state index in [1.54, 1.807) is 12.1 Å². The molecular weight excluding hydrogens is 346 g/mol. The highest BCUT2D eigenvalue weighted by molar-refractivity contribution is 5.56. The van der Waals surface area contributed by atoms with Crippen LogP contribution in [0, 0.1) is 10.1 Å². The summed E-state index contributed by atoms with van der Waals surface area (Å²) in [7, 11) is 0. The van der Waals surface area contributed by atoms with Gasteiger partial charge in [-0.25, -0.2) is 0 Å². The summed E-state index contributed by atoms with van der Waals surface area (Å²) in [5, 5.41) is 15.0. The fourth-order valence-corrected chi connectivity index (χ4v) is 3.34. The quantitative estimate of drug-likeness (QED) is 0.456. The van der Waals surface area contributed by atoms with Crippen molar-refractivity contribution in [1.29, 1.82) is 0 Å². The van der Waals surface area contributed by atoms with Crippen LogP contribution in [0.15, 0.2) is 53.1 Å². The highest BCUT2D eigenvalue weighted by Gasteiger charge is 2.23. The molecule has 4 rings (SSSR count). The Morgan fingerprint density at radius 2 is 1.96 bits per heavy atom. The second-order valence-corrected chi connectivity index (χ2v) is 6.68. The third-order valence-corrected chi connectivity index (χ3v) is 4.77. The molecule has 2 aromatic carbocycles. The number of hydrogen-bond acceptors (Lipinski definition) is 6. The topological polar surface area (TPSA) is 91.3 Å². The van der Waals surface area contributed by atoms with Crippen molar-refractivity contribution in [1.82, 2.24) is 10.1 Å². The second-order valence-electron chi connectivity index (χ2n) is 6.68. The summed E-state index contributed by atoms with van der Waals surface area (Å²) < 4.78 is 11.2. The molecule has 3 aromatic rings. The first kappa shape index (κ1) is 17.2. The Labute approximate surface area is 156 Å². The van der Waals surface area contributed by atoms with E-state index in [2.05, 4.69) is 10.1 Å². The minimum Gasteiger partial charge on any atom is -0.489 e. The molecule has 1 heterocycles. The molecule has 1 aliphatic rings. The lowest BCUT2D eigenvalue weighted by Crippen LogP contribution is -1.97. The van der Waals surface area contributed by atoms with Crippen LogP contribution >= 0.6 is 0 Å². The van der Waals surface area contributed by atoms with Gasteiger partial charge >= 0.3 is 0 Å². The summed E-state index contributed by atoms with van der Waals surface area (Å²) in [5.74, 6) is 2.29. The molecular formula is C20H19N3O4. The van der Waals surface area contributed by atoms with Crippen LogP contribution in [0.3, 0.4) is 0 Å². The van der Waals surface area contributed by atoms with Crippen molar-refractivity contribution < 1.29 is 14.2 Å². The molecule has 0 aliphatic heterocycles. The normalized spacial score (nSPS) is 14.4. The molecule has 0 amide bonds. The van der Waals surface area contributed by atoms with Crippen LogP contribution in [0.2, 0.25) is 0 Å². The lowest BCUT2D eigenvalue weighted by Gasteiger charge is -2.07. The van der Waals surface area contributed by atoms with E-state index in [9.17, 15) is 10.1 Å². The number of ether oxygens (including phenoxy) is 1. The van der Waals surface area contributed by atoms with Gasteiger partial charge in [-0.05, 0) is 30.5 Å². The molecule has 1 saturated carbocycles. The number of benzene rings is 2. The largest absolute Gasteiger partial charge is 0.489 e. The minimum absolute atomic E-state index is 0.0519. The van der Waals surface area contributed by atoms with E-state index >= 15 is 0 Å². The molecule has 0 bridgehead atoms. The SMILES string of the molecule is O=[N+]([O-])c1cccc(COc2cccc(-c3noc(C4CCCC4)n3)c2)c1.